The van der Waals surface area contributed by atoms with Crippen molar-refractivity contribution in [1.29, 1.82) is 0 Å². The molecule has 0 saturated carbocycles. The average molecular weight is 257 g/mol. The molecule has 4 nitrogen and oxygen atoms in total. The Balaban J connectivity index is 2.29. The Bertz CT molecular complexity index is 587. The molecule has 0 aliphatic heterocycles. The van der Waals surface area contributed by atoms with Crippen LogP contribution in [0, 0.1) is 0 Å². The maximum absolute atomic E-state index is 12.2. The summed E-state index contributed by atoms with van der Waals surface area (Å²) < 4.78 is 0. The van der Waals surface area contributed by atoms with Crippen LogP contribution in [0.15, 0.2) is 36.7 Å². The Morgan fingerprint density at radius 2 is 2.21 bits per heavy atom. The van der Waals surface area contributed by atoms with Gasteiger partial charge in [-0.05, 0) is 30.9 Å². The highest BCUT2D eigenvalue weighted by Gasteiger charge is 2.27. The van der Waals surface area contributed by atoms with E-state index < -0.39 is 5.54 Å². The molecule has 0 saturated heterocycles. The molecule has 2 aromatic rings. The second-order valence-electron chi connectivity index (χ2n) is 5.02. The fraction of sp³-hybridized carbons (Fsp3) is 0.333. The van der Waals surface area contributed by atoms with E-state index in [1.807, 2.05) is 31.2 Å². The molecule has 0 bridgehead atoms. The van der Waals surface area contributed by atoms with Crippen molar-refractivity contribution in [2.75, 3.05) is 5.32 Å². The lowest BCUT2D eigenvalue weighted by atomic mass is 9.96. The quantitative estimate of drug-likeness (QED) is 0.884. The Morgan fingerprint density at radius 1 is 1.42 bits per heavy atom. The SMILES string of the molecule is CCCC(C)(N)C(=O)Nc1cccc2ccncc12. The van der Waals surface area contributed by atoms with E-state index in [1.54, 1.807) is 19.3 Å². The Labute approximate surface area is 113 Å². The molecule has 1 amide bonds. The number of nitrogens with one attached hydrogen (secondary N) is 1. The summed E-state index contributed by atoms with van der Waals surface area (Å²) in [5.74, 6) is -0.161. The smallest absolute Gasteiger partial charge is 0.244 e. The van der Waals surface area contributed by atoms with Crippen LogP contribution in [0.1, 0.15) is 26.7 Å². The van der Waals surface area contributed by atoms with Crippen molar-refractivity contribution in [3.63, 3.8) is 0 Å². The van der Waals surface area contributed by atoms with Gasteiger partial charge in [-0.2, -0.15) is 0 Å². The number of hydrogen-bond acceptors (Lipinski definition) is 3. The predicted octanol–water partition coefficient (Wildman–Crippen LogP) is 2.69. The van der Waals surface area contributed by atoms with Gasteiger partial charge in [0.05, 0.1) is 11.2 Å². The van der Waals surface area contributed by atoms with Crippen molar-refractivity contribution in [1.82, 2.24) is 4.98 Å². The van der Waals surface area contributed by atoms with Gasteiger partial charge in [0.25, 0.3) is 0 Å². The van der Waals surface area contributed by atoms with Gasteiger partial charge in [-0.15, -0.1) is 0 Å². The summed E-state index contributed by atoms with van der Waals surface area (Å²) in [5, 5.41) is 4.87. The molecule has 1 aromatic heterocycles. The van der Waals surface area contributed by atoms with Gasteiger partial charge in [0.1, 0.15) is 0 Å². The molecule has 1 heterocycles. The molecule has 1 atom stereocenters. The molecule has 1 unspecified atom stereocenters. The fourth-order valence-corrected chi connectivity index (χ4v) is 2.12. The number of hydrogen-bond donors (Lipinski definition) is 2. The molecule has 0 fully saturated rings. The van der Waals surface area contributed by atoms with Gasteiger partial charge in [-0.3, -0.25) is 9.78 Å². The zero-order valence-electron chi connectivity index (χ0n) is 11.3. The van der Waals surface area contributed by atoms with Crippen molar-refractivity contribution in [3.8, 4) is 0 Å². The lowest BCUT2D eigenvalue weighted by Gasteiger charge is -2.23. The van der Waals surface area contributed by atoms with Gasteiger partial charge in [-0.25, -0.2) is 0 Å². The number of rotatable bonds is 4. The number of benzene rings is 1. The number of aromatic nitrogens is 1. The summed E-state index contributed by atoms with van der Waals surface area (Å²) in [7, 11) is 0. The maximum Gasteiger partial charge on any atom is 0.244 e. The van der Waals surface area contributed by atoms with Crippen LogP contribution >= 0.6 is 0 Å². The number of amides is 1. The predicted molar refractivity (Wildman–Crippen MR) is 77.9 cm³/mol. The Morgan fingerprint density at radius 3 is 2.95 bits per heavy atom. The van der Waals surface area contributed by atoms with Gasteiger partial charge < -0.3 is 11.1 Å². The molecule has 19 heavy (non-hydrogen) atoms. The molecule has 100 valence electrons. The van der Waals surface area contributed by atoms with Gasteiger partial charge in [0.2, 0.25) is 5.91 Å². The van der Waals surface area contributed by atoms with E-state index in [0.29, 0.717) is 6.42 Å². The number of nitrogens with two attached hydrogens (primary N) is 1. The monoisotopic (exact) mass is 257 g/mol. The normalized spacial score (nSPS) is 14.1. The second-order valence-corrected chi connectivity index (χ2v) is 5.02. The third kappa shape index (κ3) is 2.90. The molecule has 0 spiro atoms. The number of nitrogens with zero attached hydrogens (tertiary/aromatic N) is 1. The van der Waals surface area contributed by atoms with Crippen molar-refractivity contribution >= 4 is 22.4 Å². The summed E-state index contributed by atoms with van der Waals surface area (Å²) in [6.07, 6.45) is 5.01. The molecule has 0 aliphatic carbocycles. The summed E-state index contributed by atoms with van der Waals surface area (Å²) in [4.78, 5) is 16.3. The van der Waals surface area contributed by atoms with Crippen LogP contribution < -0.4 is 11.1 Å². The fourth-order valence-electron chi connectivity index (χ4n) is 2.12. The van der Waals surface area contributed by atoms with Crippen LogP contribution in [0.25, 0.3) is 10.8 Å². The van der Waals surface area contributed by atoms with Crippen LogP contribution in [0.2, 0.25) is 0 Å². The van der Waals surface area contributed by atoms with E-state index in [-0.39, 0.29) is 5.91 Å². The number of carbonyl (C=O) groups excluding carboxylic acids is 1. The molecular weight excluding hydrogens is 238 g/mol. The minimum Gasteiger partial charge on any atom is -0.324 e. The Kier molecular flexibility index (Phi) is 3.81. The van der Waals surface area contributed by atoms with E-state index >= 15 is 0 Å². The zero-order valence-corrected chi connectivity index (χ0v) is 11.3. The number of carbonyl (C=O) groups is 1. The molecule has 3 N–H and O–H groups in total. The van der Waals surface area contributed by atoms with Crippen LogP contribution in [-0.4, -0.2) is 16.4 Å². The van der Waals surface area contributed by atoms with Crippen molar-refractivity contribution in [3.05, 3.63) is 36.7 Å². The second kappa shape index (κ2) is 5.36. The first kappa shape index (κ1) is 13.5. The lowest BCUT2D eigenvalue weighted by Crippen LogP contribution is -2.48. The zero-order chi connectivity index (χ0) is 13.9. The largest absolute Gasteiger partial charge is 0.324 e. The molecule has 4 heteroatoms. The molecule has 1 aromatic carbocycles. The minimum absolute atomic E-state index is 0.161. The third-order valence-corrected chi connectivity index (χ3v) is 3.22. The van der Waals surface area contributed by atoms with Crippen LogP contribution in [0.5, 0.6) is 0 Å². The van der Waals surface area contributed by atoms with Crippen molar-refractivity contribution < 1.29 is 4.79 Å². The summed E-state index contributed by atoms with van der Waals surface area (Å²) in [6, 6.07) is 7.68. The van der Waals surface area contributed by atoms with E-state index in [2.05, 4.69) is 10.3 Å². The molecule has 2 rings (SSSR count). The van der Waals surface area contributed by atoms with Gasteiger partial charge in [-0.1, -0.05) is 25.5 Å². The van der Waals surface area contributed by atoms with Crippen molar-refractivity contribution in [2.45, 2.75) is 32.2 Å². The first-order chi connectivity index (χ1) is 9.04. The summed E-state index contributed by atoms with van der Waals surface area (Å²) >= 11 is 0. The first-order valence-electron chi connectivity index (χ1n) is 6.47. The lowest BCUT2D eigenvalue weighted by molar-refractivity contribution is -0.120. The van der Waals surface area contributed by atoms with Gasteiger partial charge in [0, 0.05) is 17.8 Å². The number of anilines is 1. The van der Waals surface area contributed by atoms with Crippen LogP contribution in [0.3, 0.4) is 0 Å². The average Bonchev–Trinajstić information content (AvgIpc) is 2.39. The summed E-state index contributed by atoms with van der Waals surface area (Å²) in [6.45, 7) is 3.77. The van der Waals surface area contributed by atoms with Gasteiger partial charge in [0.15, 0.2) is 0 Å². The summed E-state index contributed by atoms with van der Waals surface area (Å²) in [5.41, 5.74) is 5.94. The third-order valence-electron chi connectivity index (χ3n) is 3.22. The maximum atomic E-state index is 12.2. The van der Waals surface area contributed by atoms with Crippen molar-refractivity contribution in [2.24, 2.45) is 5.73 Å². The highest BCUT2D eigenvalue weighted by atomic mass is 16.2. The van der Waals surface area contributed by atoms with Gasteiger partial charge >= 0.3 is 0 Å². The molecule has 0 radical (unpaired) electrons. The highest BCUT2D eigenvalue weighted by Crippen LogP contribution is 2.23. The number of fused-ring (bicyclic) bond motifs is 1. The van der Waals surface area contributed by atoms with E-state index in [9.17, 15) is 4.79 Å². The highest BCUT2D eigenvalue weighted by molar-refractivity contribution is 6.04. The standard InChI is InChI=1S/C15H19N3O/c1-3-8-15(2,16)14(19)18-13-6-4-5-11-7-9-17-10-12(11)13/h4-7,9-10H,3,8,16H2,1-2H3,(H,18,19). The first-order valence-corrected chi connectivity index (χ1v) is 6.47. The number of pyridine rings is 1. The van der Waals surface area contributed by atoms with E-state index in [0.717, 1.165) is 22.9 Å². The Hall–Kier alpha value is -1.94. The minimum atomic E-state index is -0.848. The van der Waals surface area contributed by atoms with E-state index in [1.165, 1.54) is 0 Å². The molecule has 0 aliphatic rings. The topological polar surface area (TPSA) is 68.0 Å². The van der Waals surface area contributed by atoms with Crippen LogP contribution in [-0.2, 0) is 4.79 Å². The van der Waals surface area contributed by atoms with Crippen LogP contribution in [0.4, 0.5) is 5.69 Å². The van der Waals surface area contributed by atoms with E-state index in [4.69, 9.17) is 5.73 Å². The molecular formula is C15H19N3O.